The highest BCUT2D eigenvalue weighted by Gasteiger charge is 2.34. The van der Waals surface area contributed by atoms with Crippen molar-refractivity contribution in [1.82, 2.24) is 9.80 Å². The molecule has 1 aromatic rings. The van der Waals surface area contributed by atoms with E-state index in [-0.39, 0.29) is 23.6 Å². The average Bonchev–Trinajstić information content (AvgIpc) is 2.95. The predicted molar refractivity (Wildman–Crippen MR) is 94.7 cm³/mol. The Hall–Kier alpha value is -1.40. The van der Waals surface area contributed by atoms with Crippen molar-refractivity contribution in [3.05, 3.63) is 35.9 Å². The molecule has 2 saturated heterocycles. The van der Waals surface area contributed by atoms with Gasteiger partial charge >= 0.3 is 0 Å². The van der Waals surface area contributed by atoms with E-state index < -0.39 is 9.84 Å². The van der Waals surface area contributed by atoms with E-state index in [9.17, 15) is 13.2 Å². The minimum absolute atomic E-state index is 0.149. The van der Waals surface area contributed by atoms with E-state index in [2.05, 4.69) is 24.0 Å². The zero-order valence-corrected chi connectivity index (χ0v) is 15.0. The van der Waals surface area contributed by atoms with Crippen molar-refractivity contribution >= 4 is 15.7 Å². The lowest BCUT2D eigenvalue weighted by Gasteiger charge is -2.38. The van der Waals surface area contributed by atoms with Gasteiger partial charge in [0.25, 0.3) is 0 Å². The van der Waals surface area contributed by atoms with Gasteiger partial charge in [-0.3, -0.25) is 9.69 Å². The smallest absolute Gasteiger partial charge is 0.223 e. The molecule has 6 heteroatoms. The van der Waals surface area contributed by atoms with Crippen molar-refractivity contribution in [2.24, 2.45) is 0 Å². The van der Waals surface area contributed by atoms with Gasteiger partial charge in [-0.2, -0.15) is 0 Å². The number of benzene rings is 1. The number of hydrogen-bond donors (Lipinski definition) is 0. The minimum atomic E-state index is -2.84. The molecule has 24 heavy (non-hydrogen) atoms. The third-order valence-corrected chi connectivity index (χ3v) is 6.99. The van der Waals surface area contributed by atoms with Crippen molar-refractivity contribution in [2.75, 3.05) is 37.7 Å². The molecule has 0 spiro atoms. The van der Waals surface area contributed by atoms with E-state index in [1.165, 1.54) is 5.56 Å². The molecular formula is C18H26N2O3S. The lowest BCUT2D eigenvalue weighted by atomic mass is 9.97. The van der Waals surface area contributed by atoms with E-state index >= 15 is 0 Å². The summed E-state index contributed by atoms with van der Waals surface area (Å²) in [6, 6.07) is 10.3. The molecule has 5 nitrogen and oxygen atoms in total. The SMILES string of the molecule is CC(CC(=O)N1CCN(C2CCS(=O)(=O)C2)CC1)c1ccccc1. The molecule has 2 aliphatic heterocycles. The van der Waals surface area contributed by atoms with E-state index in [4.69, 9.17) is 0 Å². The summed E-state index contributed by atoms with van der Waals surface area (Å²) in [4.78, 5) is 16.7. The van der Waals surface area contributed by atoms with Gasteiger partial charge in [0.1, 0.15) is 0 Å². The Morgan fingerprint density at radius 3 is 2.42 bits per heavy atom. The molecule has 2 unspecified atom stereocenters. The van der Waals surface area contributed by atoms with Gasteiger partial charge in [-0.25, -0.2) is 8.42 Å². The summed E-state index contributed by atoms with van der Waals surface area (Å²) in [5, 5.41) is 0. The average molecular weight is 350 g/mol. The van der Waals surface area contributed by atoms with Gasteiger partial charge in [0.15, 0.2) is 9.84 Å². The number of hydrogen-bond acceptors (Lipinski definition) is 4. The van der Waals surface area contributed by atoms with Crippen LogP contribution in [0.15, 0.2) is 30.3 Å². The van der Waals surface area contributed by atoms with Gasteiger partial charge in [0, 0.05) is 38.6 Å². The first-order valence-corrected chi connectivity index (χ1v) is 10.5. The van der Waals surface area contributed by atoms with Crippen molar-refractivity contribution in [3.8, 4) is 0 Å². The fraction of sp³-hybridized carbons (Fsp3) is 0.611. The van der Waals surface area contributed by atoms with Crippen LogP contribution in [0.5, 0.6) is 0 Å². The third kappa shape index (κ3) is 4.16. The first-order chi connectivity index (χ1) is 11.4. The van der Waals surface area contributed by atoms with Gasteiger partial charge in [0.05, 0.1) is 11.5 Å². The number of sulfone groups is 1. The molecule has 2 aliphatic rings. The highest BCUT2D eigenvalue weighted by Crippen LogP contribution is 2.22. The van der Waals surface area contributed by atoms with Gasteiger partial charge < -0.3 is 4.90 Å². The van der Waals surface area contributed by atoms with Crippen LogP contribution in [0.4, 0.5) is 0 Å². The van der Waals surface area contributed by atoms with Gasteiger partial charge in [-0.05, 0) is 17.9 Å². The first kappa shape index (κ1) is 17.4. The zero-order valence-electron chi connectivity index (χ0n) is 14.2. The van der Waals surface area contributed by atoms with Crippen molar-refractivity contribution in [3.63, 3.8) is 0 Å². The number of piperazine rings is 1. The molecule has 0 radical (unpaired) electrons. The molecule has 2 fully saturated rings. The summed E-state index contributed by atoms with van der Waals surface area (Å²) >= 11 is 0. The van der Waals surface area contributed by atoms with E-state index in [0.717, 1.165) is 19.5 Å². The lowest BCUT2D eigenvalue weighted by Crippen LogP contribution is -2.52. The van der Waals surface area contributed by atoms with Crippen LogP contribution < -0.4 is 0 Å². The number of nitrogens with zero attached hydrogens (tertiary/aromatic N) is 2. The monoisotopic (exact) mass is 350 g/mol. The lowest BCUT2D eigenvalue weighted by molar-refractivity contribution is -0.133. The van der Waals surface area contributed by atoms with Crippen LogP contribution in [-0.2, 0) is 14.6 Å². The maximum Gasteiger partial charge on any atom is 0.223 e. The molecular weight excluding hydrogens is 324 g/mol. The van der Waals surface area contributed by atoms with E-state index in [1.807, 2.05) is 23.1 Å². The van der Waals surface area contributed by atoms with Crippen molar-refractivity contribution < 1.29 is 13.2 Å². The molecule has 132 valence electrons. The Morgan fingerprint density at radius 1 is 1.17 bits per heavy atom. The number of rotatable bonds is 4. The second-order valence-corrected chi connectivity index (χ2v) is 9.22. The van der Waals surface area contributed by atoms with E-state index in [0.29, 0.717) is 25.3 Å². The summed E-state index contributed by atoms with van der Waals surface area (Å²) in [6.45, 7) is 5.07. The van der Waals surface area contributed by atoms with Crippen LogP contribution in [-0.4, -0.2) is 67.9 Å². The molecule has 2 atom stereocenters. The standard InChI is InChI=1S/C18H26N2O3S/c1-15(16-5-3-2-4-6-16)13-18(21)20-10-8-19(9-11-20)17-7-12-24(22,23)14-17/h2-6,15,17H,7-14H2,1H3. The normalized spacial score (nSPS) is 25.5. The van der Waals surface area contributed by atoms with Crippen LogP contribution in [0.25, 0.3) is 0 Å². The molecule has 1 amide bonds. The molecule has 0 aromatic heterocycles. The Labute approximate surface area is 144 Å². The van der Waals surface area contributed by atoms with Crippen molar-refractivity contribution in [1.29, 1.82) is 0 Å². The molecule has 0 saturated carbocycles. The largest absolute Gasteiger partial charge is 0.340 e. The molecule has 2 heterocycles. The fourth-order valence-corrected chi connectivity index (χ4v) is 5.45. The molecule has 0 N–H and O–H groups in total. The van der Waals surface area contributed by atoms with Crippen LogP contribution in [0, 0.1) is 0 Å². The van der Waals surface area contributed by atoms with Gasteiger partial charge in [-0.1, -0.05) is 37.3 Å². The molecule has 1 aromatic carbocycles. The maximum absolute atomic E-state index is 12.5. The fourth-order valence-electron chi connectivity index (χ4n) is 3.69. The highest BCUT2D eigenvalue weighted by molar-refractivity contribution is 7.91. The molecule has 0 bridgehead atoms. The van der Waals surface area contributed by atoms with E-state index in [1.54, 1.807) is 0 Å². The number of carbonyl (C=O) groups is 1. The quantitative estimate of drug-likeness (QED) is 0.826. The molecule has 0 aliphatic carbocycles. The molecule has 3 rings (SSSR count). The zero-order chi connectivity index (χ0) is 17.2. The number of amides is 1. The van der Waals surface area contributed by atoms with Crippen molar-refractivity contribution in [2.45, 2.75) is 31.7 Å². The summed E-state index contributed by atoms with van der Waals surface area (Å²) < 4.78 is 23.2. The minimum Gasteiger partial charge on any atom is -0.340 e. The maximum atomic E-state index is 12.5. The summed E-state index contributed by atoms with van der Waals surface area (Å²) in [5.74, 6) is 1.01. The third-order valence-electron chi connectivity index (χ3n) is 5.24. The Morgan fingerprint density at radius 2 is 1.83 bits per heavy atom. The second-order valence-electron chi connectivity index (χ2n) is 6.99. The second kappa shape index (κ2) is 7.23. The Kier molecular flexibility index (Phi) is 5.25. The van der Waals surface area contributed by atoms with Crippen LogP contribution in [0.1, 0.15) is 31.2 Å². The Balaban J connectivity index is 1.49. The first-order valence-electron chi connectivity index (χ1n) is 8.72. The van der Waals surface area contributed by atoms with Gasteiger partial charge in [-0.15, -0.1) is 0 Å². The van der Waals surface area contributed by atoms with Gasteiger partial charge in [0.2, 0.25) is 5.91 Å². The predicted octanol–water partition coefficient (Wildman–Crippen LogP) is 1.51. The Bertz CT molecular complexity index is 667. The van der Waals surface area contributed by atoms with Crippen LogP contribution in [0.3, 0.4) is 0 Å². The summed E-state index contributed by atoms with van der Waals surface area (Å²) in [5.41, 5.74) is 1.20. The summed E-state index contributed by atoms with van der Waals surface area (Å²) in [6.07, 6.45) is 1.27. The van der Waals surface area contributed by atoms with Crippen LogP contribution >= 0.6 is 0 Å². The highest BCUT2D eigenvalue weighted by atomic mass is 32.2. The topological polar surface area (TPSA) is 57.7 Å². The summed E-state index contributed by atoms with van der Waals surface area (Å²) in [7, 11) is -2.84. The van der Waals surface area contributed by atoms with Crippen LogP contribution in [0.2, 0.25) is 0 Å². The number of carbonyl (C=O) groups excluding carboxylic acids is 1.